The number of phenolic OH excluding ortho intramolecular Hbond substituents is 1. The van der Waals surface area contributed by atoms with Crippen LogP contribution in [-0.4, -0.2) is 59.0 Å². The summed E-state index contributed by atoms with van der Waals surface area (Å²) >= 11 is 0. The molecule has 0 bridgehead atoms. The molecule has 0 aromatic heterocycles. The van der Waals surface area contributed by atoms with E-state index in [0.29, 0.717) is 38.3 Å². The van der Waals surface area contributed by atoms with Crippen molar-refractivity contribution in [3.63, 3.8) is 0 Å². The average Bonchev–Trinajstić information content (AvgIpc) is 3.00. The van der Waals surface area contributed by atoms with Crippen molar-refractivity contribution in [3.8, 4) is 11.5 Å². The van der Waals surface area contributed by atoms with E-state index in [0.717, 1.165) is 18.4 Å². The van der Waals surface area contributed by atoms with E-state index in [2.05, 4.69) is 0 Å². The zero-order valence-corrected chi connectivity index (χ0v) is 16.8. The summed E-state index contributed by atoms with van der Waals surface area (Å²) in [5.74, 6) is 0.741. The first kappa shape index (κ1) is 20.7. The second-order valence-corrected chi connectivity index (χ2v) is 7.30. The summed E-state index contributed by atoms with van der Waals surface area (Å²) in [4.78, 5) is 29.0. The van der Waals surface area contributed by atoms with Gasteiger partial charge in [0.15, 0.2) is 6.10 Å². The van der Waals surface area contributed by atoms with Crippen molar-refractivity contribution >= 4 is 11.8 Å². The largest absolute Gasteiger partial charge is 0.508 e. The van der Waals surface area contributed by atoms with E-state index < -0.39 is 6.10 Å². The number of hydrogen-bond acceptors (Lipinski definition) is 4. The van der Waals surface area contributed by atoms with Crippen molar-refractivity contribution in [1.82, 2.24) is 9.80 Å². The number of phenols is 1. The Kier molecular flexibility index (Phi) is 7.11. The molecule has 2 amide bonds. The summed E-state index contributed by atoms with van der Waals surface area (Å²) < 4.78 is 5.70. The van der Waals surface area contributed by atoms with Crippen LogP contribution in [0.2, 0.25) is 0 Å². The quantitative estimate of drug-likeness (QED) is 0.815. The van der Waals surface area contributed by atoms with Crippen LogP contribution in [0.1, 0.15) is 25.3 Å². The molecule has 3 rings (SSSR count). The molecule has 1 heterocycles. The third-order valence-corrected chi connectivity index (χ3v) is 5.13. The predicted octanol–water partition coefficient (Wildman–Crippen LogP) is 2.85. The highest BCUT2D eigenvalue weighted by atomic mass is 16.5. The van der Waals surface area contributed by atoms with Gasteiger partial charge < -0.3 is 19.6 Å². The number of nitrogens with zero attached hydrogens (tertiary/aromatic N) is 2. The molecule has 1 saturated heterocycles. The van der Waals surface area contributed by atoms with Crippen molar-refractivity contribution in [2.24, 2.45) is 0 Å². The topological polar surface area (TPSA) is 70.1 Å². The second kappa shape index (κ2) is 9.96. The number of carbonyl (C=O) groups excluding carboxylic acids is 2. The van der Waals surface area contributed by atoms with E-state index in [1.54, 1.807) is 24.0 Å². The summed E-state index contributed by atoms with van der Waals surface area (Å²) in [6.45, 7) is 4.07. The molecular formula is C23H28N2O4. The molecule has 2 aromatic rings. The Morgan fingerprint density at radius 2 is 1.62 bits per heavy atom. The third kappa shape index (κ3) is 5.98. The molecule has 1 aliphatic heterocycles. The lowest BCUT2D eigenvalue weighted by Crippen LogP contribution is -2.43. The van der Waals surface area contributed by atoms with Gasteiger partial charge in [0.25, 0.3) is 5.91 Å². The lowest BCUT2D eigenvalue weighted by molar-refractivity contribution is -0.138. The predicted molar refractivity (Wildman–Crippen MR) is 111 cm³/mol. The van der Waals surface area contributed by atoms with E-state index in [4.69, 9.17) is 4.74 Å². The highest BCUT2D eigenvalue weighted by molar-refractivity contribution is 5.81. The molecule has 29 heavy (non-hydrogen) atoms. The Morgan fingerprint density at radius 3 is 2.34 bits per heavy atom. The molecule has 1 fully saturated rings. The van der Waals surface area contributed by atoms with Gasteiger partial charge in [-0.15, -0.1) is 0 Å². The van der Waals surface area contributed by atoms with Crippen LogP contribution in [0.4, 0.5) is 0 Å². The maximum Gasteiger partial charge on any atom is 0.263 e. The summed E-state index contributed by atoms with van der Waals surface area (Å²) in [6, 6.07) is 16.3. The maximum absolute atomic E-state index is 12.8. The first-order valence-electron chi connectivity index (χ1n) is 10.1. The summed E-state index contributed by atoms with van der Waals surface area (Å²) in [6.07, 6.45) is 1.35. The molecule has 0 spiro atoms. The van der Waals surface area contributed by atoms with E-state index in [9.17, 15) is 14.7 Å². The fourth-order valence-corrected chi connectivity index (χ4v) is 3.48. The van der Waals surface area contributed by atoms with Crippen molar-refractivity contribution in [2.75, 3.05) is 26.2 Å². The van der Waals surface area contributed by atoms with E-state index >= 15 is 0 Å². The van der Waals surface area contributed by atoms with Gasteiger partial charge in [-0.1, -0.05) is 30.3 Å². The zero-order valence-electron chi connectivity index (χ0n) is 16.8. The lowest BCUT2D eigenvalue weighted by atomic mass is 10.1. The number of aryl methyl sites for hydroxylation is 1. The fourth-order valence-electron chi connectivity index (χ4n) is 3.48. The van der Waals surface area contributed by atoms with Gasteiger partial charge in [-0.2, -0.15) is 0 Å². The Morgan fingerprint density at radius 1 is 0.966 bits per heavy atom. The molecule has 6 nitrogen and oxygen atoms in total. The van der Waals surface area contributed by atoms with Crippen molar-refractivity contribution in [2.45, 2.75) is 32.3 Å². The Balaban J connectivity index is 1.48. The van der Waals surface area contributed by atoms with Gasteiger partial charge in [-0.05, 0) is 49.6 Å². The van der Waals surface area contributed by atoms with Gasteiger partial charge in [-0.3, -0.25) is 9.59 Å². The van der Waals surface area contributed by atoms with Crippen molar-refractivity contribution < 1.29 is 19.4 Å². The molecule has 0 aliphatic carbocycles. The number of benzene rings is 2. The first-order chi connectivity index (χ1) is 14.0. The van der Waals surface area contributed by atoms with Crippen LogP contribution in [0.25, 0.3) is 0 Å². The van der Waals surface area contributed by atoms with Gasteiger partial charge in [0.05, 0.1) is 0 Å². The number of amides is 2. The van der Waals surface area contributed by atoms with Crippen LogP contribution in [0.5, 0.6) is 11.5 Å². The van der Waals surface area contributed by atoms with Crippen LogP contribution in [0.15, 0.2) is 54.6 Å². The normalized spacial score (nSPS) is 15.5. The number of hydrogen-bond donors (Lipinski definition) is 1. The third-order valence-electron chi connectivity index (χ3n) is 5.13. The first-order valence-corrected chi connectivity index (χ1v) is 10.1. The van der Waals surface area contributed by atoms with E-state index in [1.165, 1.54) is 12.1 Å². The highest BCUT2D eigenvalue weighted by Gasteiger charge is 2.26. The Hall–Kier alpha value is -3.02. The van der Waals surface area contributed by atoms with Gasteiger partial charge in [0.2, 0.25) is 5.91 Å². The standard InChI is InChI=1S/C23H28N2O4/c1-18(29-21-11-9-20(26)10-12-21)23(28)25-15-5-14-24(16-17-25)22(27)13-8-19-6-3-2-4-7-19/h2-4,6-7,9-12,18,26H,5,8,13-17H2,1H3. The van der Waals surface area contributed by atoms with Gasteiger partial charge in [0.1, 0.15) is 11.5 Å². The molecule has 1 atom stereocenters. The molecule has 1 N–H and O–H groups in total. The monoisotopic (exact) mass is 396 g/mol. The molecular weight excluding hydrogens is 368 g/mol. The van der Waals surface area contributed by atoms with E-state index in [1.807, 2.05) is 35.2 Å². The Bertz CT molecular complexity index is 807. The minimum absolute atomic E-state index is 0.0864. The lowest BCUT2D eigenvalue weighted by Gasteiger charge is -2.25. The number of aromatic hydroxyl groups is 1. The smallest absolute Gasteiger partial charge is 0.263 e. The summed E-state index contributed by atoms with van der Waals surface area (Å²) in [7, 11) is 0. The molecule has 2 aromatic carbocycles. The Labute approximate surface area is 171 Å². The van der Waals surface area contributed by atoms with Gasteiger partial charge >= 0.3 is 0 Å². The van der Waals surface area contributed by atoms with Gasteiger partial charge in [-0.25, -0.2) is 0 Å². The van der Waals surface area contributed by atoms with Crippen molar-refractivity contribution in [1.29, 1.82) is 0 Å². The molecule has 1 unspecified atom stereocenters. The SMILES string of the molecule is CC(Oc1ccc(O)cc1)C(=O)N1CCCN(C(=O)CCc2ccccc2)CC1. The number of rotatable bonds is 6. The van der Waals surface area contributed by atoms with E-state index in [-0.39, 0.29) is 17.6 Å². The molecule has 1 aliphatic rings. The maximum atomic E-state index is 12.8. The minimum atomic E-state index is -0.625. The van der Waals surface area contributed by atoms with Crippen LogP contribution in [0.3, 0.4) is 0 Å². The molecule has 0 saturated carbocycles. The summed E-state index contributed by atoms with van der Waals surface area (Å²) in [5, 5.41) is 9.34. The van der Waals surface area contributed by atoms with Crippen LogP contribution >= 0.6 is 0 Å². The zero-order chi connectivity index (χ0) is 20.6. The second-order valence-electron chi connectivity index (χ2n) is 7.30. The number of ether oxygens (including phenoxy) is 1. The van der Waals surface area contributed by atoms with Gasteiger partial charge in [0, 0.05) is 32.6 Å². The van der Waals surface area contributed by atoms with Crippen LogP contribution < -0.4 is 4.74 Å². The number of carbonyl (C=O) groups is 2. The summed E-state index contributed by atoms with van der Waals surface area (Å²) in [5.41, 5.74) is 1.16. The van der Waals surface area contributed by atoms with Crippen molar-refractivity contribution in [3.05, 3.63) is 60.2 Å². The average molecular weight is 396 g/mol. The molecule has 0 radical (unpaired) electrons. The van der Waals surface area contributed by atoms with Crippen LogP contribution in [-0.2, 0) is 16.0 Å². The molecule has 154 valence electrons. The highest BCUT2D eigenvalue weighted by Crippen LogP contribution is 2.18. The fraction of sp³-hybridized carbons (Fsp3) is 0.391. The molecule has 6 heteroatoms. The minimum Gasteiger partial charge on any atom is -0.508 e. The van der Waals surface area contributed by atoms with Crippen LogP contribution in [0, 0.1) is 0 Å².